The van der Waals surface area contributed by atoms with Crippen molar-refractivity contribution in [3.05, 3.63) is 17.5 Å². The third kappa shape index (κ3) is 2.53. The average molecular weight is 287 g/mol. The Labute approximate surface area is 116 Å². The van der Waals surface area contributed by atoms with E-state index < -0.39 is 0 Å². The first kappa shape index (κ1) is 13.1. The van der Waals surface area contributed by atoms with Gasteiger partial charge in [0.05, 0.1) is 19.4 Å². The monoisotopic (exact) mass is 286 g/mol. The fourth-order valence-electron chi connectivity index (χ4n) is 2.42. The van der Waals surface area contributed by atoms with Crippen LogP contribution >= 0.6 is 11.6 Å². The van der Waals surface area contributed by atoms with Gasteiger partial charge in [-0.15, -0.1) is 0 Å². The van der Waals surface area contributed by atoms with E-state index >= 15 is 0 Å². The van der Waals surface area contributed by atoms with Crippen molar-refractivity contribution in [1.82, 2.24) is 9.97 Å². The van der Waals surface area contributed by atoms with E-state index in [0.29, 0.717) is 30.7 Å². The second-order valence-corrected chi connectivity index (χ2v) is 4.83. The highest BCUT2D eigenvalue weighted by molar-refractivity contribution is 6.31. The molecule has 2 fully saturated rings. The molecule has 104 valence electrons. The van der Waals surface area contributed by atoms with Crippen molar-refractivity contribution in [2.24, 2.45) is 0 Å². The van der Waals surface area contributed by atoms with Gasteiger partial charge in [-0.2, -0.15) is 0 Å². The Bertz CT molecular complexity index is 447. The van der Waals surface area contributed by atoms with E-state index in [1.54, 1.807) is 0 Å². The molecule has 1 aromatic heterocycles. The molecular weight excluding hydrogens is 272 g/mol. The minimum absolute atomic E-state index is 0.0236. The Balaban J connectivity index is 1.67. The van der Waals surface area contributed by atoms with Gasteiger partial charge in [-0.05, 0) is 6.92 Å². The van der Waals surface area contributed by atoms with Crippen molar-refractivity contribution in [1.29, 1.82) is 0 Å². The number of ether oxygens (including phenoxy) is 4. The zero-order chi connectivity index (χ0) is 13.2. The molecule has 0 saturated carbocycles. The first-order chi connectivity index (χ1) is 9.29. The lowest BCUT2D eigenvalue weighted by molar-refractivity contribution is -0.0311. The summed E-state index contributed by atoms with van der Waals surface area (Å²) in [6, 6.07) is 0. The van der Waals surface area contributed by atoms with Crippen LogP contribution in [0.1, 0.15) is 6.92 Å². The fourth-order valence-corrected chi connectivity index (χ4v) is 2.57. The SMILES string of the molecule is CCO[C@@H]1CO[C@H]2[C@@H]1OC[C@H]2Oc1ncncc1Cl. The molecule has 1 aromatic rings. The molecule has 19 heavy (non-hydrogen) atoms. The Morgan fingerprint density at radius 2 is 2.05 bits per heavy atom. The van der Waals surface area contributed by atoms with Gasteiger partial charge >= 0.3 is 0 Å². The first-order valence-corrected chi connectivity index (χ1v) is 6.64. The molecule has 0 aliphatic carbocycles. The number of fused-ring (bicyclic) bond motifs is 1. The Morgan fingerprint density at radius 1 is 1.32 bits per heavy atom. The summed E-state index contributed by atoms with van der Waals surface area (Å²) in [6.07, 6.45) is 2.43. The molecule has 0 aromatic carbocycles. The number of rotatable bonds is 4. The van der Waals surface area contributed by atoms with Crippen LogP contribution in [-0.2, 0) is 14.2 Å². The zero-order valence-corrected chi connectivity index (χ0v) is 11.2. The normalized spacial score (nSPS) is 33.4. The van der Waals surface area contributed by atoms with E-state index in [-0.39, 0.29) is 24.4 Å². The molecule has 2 aliphatic rings. The Kier molecular flexibility index (Phi) is 3.83. The second kappa shape index (κ2) is 5.58. The summed E-state index contributed by atoms with van der Waals surface area (Å²) in [6.45, 7) is 3.57. The van der Waals surface area contributed by atoms with Crippen molar-refractivity contribution in [3.63, 3.8) is 0 Å². The van der Waals surface area contributed by atoms with E-state index in [9.17, 15) is 0 Å². The largest absolute Gasteiger partial charge is 0.468 e. The molecule has 0 bridgehead atoms. The third-order valence-electron chi connectivity index (χ3n) is 3.24. The van der Waals surface area contributed by atoms with Crippen LogP contribution in [0.4, 0.5) is 0 Å². The summed E-state index contributed by atoms with van der Waals surface area (Å²) < 4.78 is 22.8. The van der Waals surface area contributed by atoms with Crippen LogP contribution in [0.2, 0.25) is 5.02 Å². The molecule has 7 heteroatoms. The predicted molar refractivity (Wildman–Crippen MR) is 66.4 cm³/mol. The van der Waals surface area contributed by atoms with Gasteiger partial charge in [0.25, 0.3) is 0 Å². The molecule has 6 nitrogen and oxygen atoms in total. The highest BCUT2D eigenvalue weighted by atomic mass is 35.5. The van der Waals surface area contributed by atoms with Crippen LogP contribution in [0.5, 0.6) is 5.88 Å². The third-order valence-corrected chi connectivity index (χ3v) is 3.50. The highest BCUT2D eigenvalue weighted by Crippen LogP contribution is 2.32. The Hall–Kier alpha value is -0.950. The summed E-state index contributed by atoms with van der Waals surface area (Å²) in [5.74, 6) is 0.356. The highest BCUT2D eigenvalue weighted by Gasteiger charge is 2.49. The van der Waals surface area contributed by atoms with Crippen molar-refractivity contribution in [2.75, 3.05) is 19.8 Å². The van der Waals surface area contributed by atoms with Crippen molar-refractivity contribution in [3.8, 4) is 5.88 Å². The molecular formula is C12H15ClN2O4. The van der Waals surface area contributed by atoms with Gasteiger partial charge in [0.1, 0.15) is 29.7 Å². The molecule has 0 radical (unpaired) electrons. The smallest absolute Gasteiger partial charge is 0.236 e. The van der Waals surface area contributed by atoms with Gasteiger partial charge in [0.15, 0.2) is 6.10 Å². The summed E-state index contributed by atoms with van der Waals surface area (Å²) in [5.41, 5.74) is 0. The molecule has 4 atom stereocenters. The second-order valence-electron chi connectivity index (χ2n) is 4.42. The van der Waals surface area contributed by atoms with Gasteiger partial charge in [-0.25, -0.2) is 9.97 Å². The summed E-state index contributed by atoms with van der Waals surface area (Å²) in [7, 11) is 0. The fraction of sp³-hybridized carbons (Fsp3) is 0.667. The molecule has 3 rings (SSSR count). The van der Waals surface area contributed by atoms with Crippen molar-refractivity contribution in [2.45, 2.75) is 31.3 Å². The van der Waals surface area contributed by atoms with Gasteiger partial charge in [-0.1, -0.05) is 11.6 Å². The van der Waals surface area contributed by atoms with E-state index in [4.69, 9.17) is 30.5 Å². The molecule has 3 heterocycles. The van der Waals surface area contributed by atoms with E-state index in [2.05, 4.69) is 9.97 Å². The van der Waals surface area contributed by atoms with Crippen molar-refractivity contribution >= 4 is 11.6 Å². The maximum atomic E-state index is 5.97. The maximum Gasteiger partial charge on any atom is 0.236 e. The number of hydrogen-bond acceptors (Lipinski definition) is 6. The van der Waals surface area contributed by atoms with E-state index in [0.717, 1.165) is 0 Å². The lowest BCUT2D eigenvalue weighted by atomic mass is 10.1. The van der Waals surface area contributed by atoms with Crippen LogP contribution in [0.25, 0.3) is 0 Å². The van der Waals surface area contributed by atoms with E-state index in [1.807, 2.05) is 6.92 Å². The van der Waals surface area contributed by atoms with Crippen LogP contribution in [-0.4, -0.2) is 54.2 Å². The minimum atomic E-state index is -0.220. The van der Waals surface area contributed by atoms with Crippen molar-refractivity contribution < 1.29 is 18.9 Å². The molecule has 0 unspecified atom stereocenters. The van der Waals surface area contributed by atoms with Gasteiger partial charge in [-0.3, -0.25) is 0 Å². The standard InChI is InChI=1S/C12H15ClN2O4/c1-2-16-8-4-17-11-9(5-18-10(8)11)19-12-7(13)3-14-6-15-12/h3,6,8-11H,2,4-5H2,1H3/t8-,9-,10-,11-/m1/s1. The number of hydrogen-bond donors (Lipinski definition) is 0. The molecule has 0 N–H and O–H groups in total. The molecule has 2 saturated heterocycles. The molecule has 0 amide bonds. The summed E-state index contributed by atoms with van der Waals surface area (Å²) >= 11 is 5.97. The zero-order valence-electron chi connectivity index (χ0n) is 10.5. The van der Waals surface area contributed by atoms with E-state index in [1.165, 1.54) is 12.5 Å². The molecule has 2 aliphatic heterocycles. The van der Waals surface area contributed by atoms with Crippen LogP contribution in [0.15, 0.2) is 12.5 Å². The summed E-state index contributed by atoms with van der Waals surface area (Å²) in [5, 5.41) is 0.380. The first-order valence-electron chi connectivity index (χ1n) is 6.26. The average Bonchev–Trinajstić information content (AvgIpc) is 2.97. The summed E-state index contributed by atoms with van der Waals surface area (Å²) in [4.78, 5) is 7.82. The predicted octanol–water partition coefficient (Wildman–Crippen LogP) is 1.08. The molecule has 0 spiro atoms. The van der Waals surface area contributed by atoms with Crippen LogP contribution in [0.3, 0.4) is 0 Å². The van der Waals surface area contributed by atoms with Gasteiger partial charge < -0.3 is 18.9 Å². The van der Waals surface area contributed by atoms with Gasteiger partial charge in [0.2, 0.25) is 5.88 Å². The number of halogens is 1. The number of aromatic nitrogens is 2. The Morgan fingerprint density at radius 3 is 2.79 bits per heavy atom. The lowest BCUT2D eigenvalue weighted by Crippen LogP contribution is -2.35. The minimum Gasteiger partial charge on any atom is -0.468 e. The quantitative estimate of drug-likeness (QED) is 0.825. The van der Waals surface area contributed by atoms with Crippen LogP contribution in [0, 0.1) is 0 Å². The van der Waals surface area contributed by atoms with Crippen LogP contribution < -0.4 is 4.74 Å². The van der Waals surface area contributed by atoms with Gasteiger partial charge in [0, 0.05) is 6.61 Å². The lowest BCUT2D eigenvalue weighted by Gasteiger charge is -2.17. The maximum absolute atomic E-state index is 5.97. The number of nitrogens with zero attached hydrogens (tertiary/aromatic N) is 2. The topological polar surface area (TPSA) is 62.7 Å².